The first-order valence-corrected chi connectivity index (χ1v) is 8.53. The number of nitrogens with two attached hydrogens (primary N) is 1. The Labute approximate surface area is 119 Å². The van der Waals surface area contributed by atoms with Gasteiger partial charge < -0.3 is 0 Å². The van der Waals surface area contributed by atoms with Crippen molar-refractivity contribution in [2.24, 2.45) is 29.0 Å². The fourth-order valence-electron chi connectivity index (χ4n) is 5.13. The molecule has 0 aliphatic heterocycles. The van der Waals surface area contributed by atoms with Gasteiger partial charge in [0, 0.05) is 6.04 Å². The molecule has 2 aliphatic rings. The minimum atomic E-state index is 0.491. The maximum atomic E-state index is 6.04. The van der Waals surface area contributed by atoms with E-state index in [1.54, 1.807) is 0 Å². The van der Waals surface area contributed by atoms with Gasteiger partial charge in [-0.15, -0.1) is 0 Å². The summed E-state index contributed by atoms with van der Waals surface area (Å²) in [6.07, 6.45) is 12.6. The van der Waals surface area contributed by atoms with Gasteiger partial charge in [-0.25, -0.2) is 0 Å². The molecule has 0 saturated heterocycles. The average Bonchev–Trinajstić information content (AvgIpc) is 2.78. The van der Waals surface area contributed by atoms with E-state index in [-0.39, 0.29) is 0 Å². The van der Waals surface area contributed by atoms with Crippen LogP contribution in [-0.2, 0) is 0 Å². The van der Waals surface area contributed by atoms with E-state index in [0.717, 1.165) is 17.8 Å². The Balaban J connectivity index is 2.12. The zero-order valence-corrected chi connectivity index (χ0v) is 13.3. The Morgan fingerprint density at radius 1 is 1.16 bits per heavy atom. The summed E-state index contributed by atoms with van der Waals surface area (Å²) in [6, 6.07) is 0.556. The third-order valence-electron chi connectivity index (χ3n) is 5.70. The van der Waals surface area contributed by atoms with Gasteiger partial charge in [-0.05, 0) is 55.3 Å². The Morgan fingerprint density at radius 2 is 1.84 bits per heavy atom. The molecule has 2 rings (SSSR count). The van der Waals surface area contributed by atoms with Crippen molar-refractivity contribution in [2.45, 2.75) is 84.6 Å². The maximum absolute atomic E-state index is 6.04. The predicted molar refractivity (Wildman–Crippen MR) is 82.6 cm³/mol. The van der Waals surface area contributed by atoms with E-state index >= 15 is 0 Å². The summed E-state index contributed by atoms with van der Waals surface area (Å²) in [5.74, 6) is 8.53. The van der Waals surface area contributed by atoms with Gasteiger partial charge in [0.15, 0.2) is 0 Å². The van der Waals surface area contributed by atoms with Crippen LogP contribution in [-0.4, -0.2) is 6.04 Å². The smallest absolute Gasteiger partial charge is 0.0295 e. The van der Waals surface area contributed by atoms with Crippen LogP contribution in [0.5, 0.6) is 0 Å². The van der Waals surface area contributed by atoms with E-state index in [9.17, 15) is 0 Å². The van der Waals surface area contributed by atoms with Crippen LogP contribution in [0.2, 0.25) is 0 Å². The molecule has 3 atom stereocenters. The SMILES string of the molecule is CC(C)CC1(C(NN)C2CCCC(C)C2)CCCC1. The van der Waals surface area contributed by atoms with Crippen LogP contribution >= 0.6 is 0 Å². The minimum absolute atomic E-state index is 0.491. The lowest BCUT2D eigenvalue weighted by Crippen LogP contribution is -2.53. The molecule has 0 amide bonds. The van der Waals surface area contributed by atoms with Crippen molar-refractivity contribution in [2.75, 3.05) is 0 Å². The molecule has 2 saturated carbocycles. The highest BCUT2D eigenvalue weighted by Gasteiger charge is 2.45. The number of nitrogens with one attached hydrogen (secondary N) is 1. The van der Waals surface area contributed by atoms with Crippen molar-refractivity contribution in [3.63, 3.8) is 0 Å². The van der Waals surface area contributed by atoms with Crippen LogP contribution in [0.4, 0.5) is 0 Å². The zero-order valence-electron chi connectivity index (χ0n) is 13.3. The summed E-state index contributed by atoms with van der Waals surface area (Å²) in [5.41, 5.74) is 3.77. The lowest BCUT2D eigenvalue weighted by Gasteiger charge is -2.45. The van der Waals surface area contributed by atoms with Crippen LogP contribution in [0.15, 0.2) is 0 Å². The summed E-state index contributed by atoms with van der Waals surface area (Å²) in [5, 5.41) is 0. The van der Waals surface area contributed by atoms with Crippen molar-refractivity contribution in [3.05, 3.63) is 0 Å². The van der Waals surface area contributed by atoms with E-state index in [4.69, 9.17) is 5.84 Å². The Morgan fingerprint density at radius 3 is 2.37 bits per heavy atom. The molecule has 2 heteroatoms. The molecule has 0 aromatic carbocycles. The van der Waals surface area contributed by atoms with E-state index in [2.05, 4.69) is 26.2 Å². The zero-order chi connectivity index (χ0) is 13.9. The molecule has 2 nitrogen and oxygen atoms in total. The van der Waals surface area contributed by atoms with Gasteiger partial charge in [0.25, 0.3) is 0 Å². The molecule has 19 heavy (non-hydrogen) atoms. The number of rotatable bonds is 5. The number of hydrazine groups is 1. The standard InChI is InChI=1S/C17H34N2/c1-13(2)12-17(9-4-5-10-17)16(19-18)15-8-6-7-14(3)11-15/h13-16,19H,4-12,18H2,1-3H3. The van der Waals surface area contributed by atoms with Crippen LogP contribution in [0.1, 0.15) is 78.6 Å². The topological polar surface area (TPSA) is 38.0 Å². The maximum Gasteiger partial charge on any atom is 0.0295 e. The highest BCUT2D eigenvalue weighted by atomic mass is 15.2. The number of hydrogen-bond acceptors (Lipinski definition) is 2. The first-order valence-electron chi connectivity index (χ1n) is 8.53. The molecule has 2 fully saturated rings. The summed E-state index contributed by atoms with van der Waals surface area (Å²) in [4.78, 5) is 0. The highest BCUT2D eigenvalue weighted by Crippen LogP contribution is 2.50. The van der Waals surface area contributed by atoms with Crippen LogP contribution in [0.3, 0.4) is 0 Å². The van der Waals surface area contributed by atoms with Crippen molar-refractivity contribution in [3.8, 4) is 0 Å². The van der Waals surface area contributed by atoms with Crippen molar-refractivity contribution >= 4 is 0 Å². The van der Waals surface area contributed by atoms with Gasteiger partial charge in [-0.3, -0.25) is 11.3 Å². The van der Waals surface area contributed by atoms with E-state index in [0.29, 0.717) is 11.5 Å². The van der Waals surface area contributed by atoms with Crippen LogP contribution in [0, 0.1) is 23.2 Å². The Kier molecular flexibility index (Phi) is 5.30. The summed E-state index contributed by atoms with van der Waals surface area (Å²) in [7, 11) is 0. The first kappa shape index (κ1) is 15.3. The molecule has 3 unspecified atom stereocenters. The van der Waals surface area contributed by atoms with Crippen molar-refractivity contribution in [1.29, 1.82) is 0 Å². The fraction of sp³-hybridized carbons (Fsp3) is 1.00. The molecule has 0 bridgehead atoms. The molecular formula is C17H34N2. The van der Waals surface area contributed by atoms with Gasteiger partial charge >= 0.3 is 0 Å². The van der Waals surface area contributed by atoms with Crippen molar-refractivity contribution in [1.82, 2.24) is 5.43 Å². The van der Waals surface area contributed by atoms with E-state index in [1.807, 2.05) is 0 Å². The van der Waals surface area contributed by atoms with Gasteiger partial charge in [0.05, 0.1) is 0 Å². The van der Waals surface area contributed by atoms with E-state index < -0.39 is 0 Å². The molecule has 112 valence electrons. The highest BCUT2D eigenvalue weighted by molar-refractivity contribution is 4.98. The first-order chi connectivity index (χ1) is 9.07. The molecule has 0 radical (unpaired) electrons. The molecule has 0 heterocycles. The third kappa shape index (κ3) is 3.52. The Bertz CT molecular complexity index is 268. The predicted octanol–water partition coefficient (Wildman–Crippen LogP) is 4.25. The molecule has 0 aromatic heterocycles. The molecule has 0 spiro atoms. The summed E-state index contributed by atoms with van der Waals surface area (Å²) >= 11 is 0. The van der Waals surface area contributed by atoms with E-state index in [1.165, 1.54) is 57.8 Å². The molecular weight excluding hydrogens is 232 g/mol. The summed E-state index contributed by atoms with van der Waals surface area (Å²) < 4.78 is 0. The molecule has 3 N–H and O–H groups in total. The average molecular weight is 266 g/mol. The monoisotopic (exact) mass is 266 g/mol. The van der Waals surface area contributed by atoms with Gasteiger partial charge in [-0.2, -0.15) is 0 Å². The van der Waals surface area contributed by atoms with Gasteiger partial charge in [0.1, 0.15) is 0 Å². The minimum Gasteiger partial charge on any atom is -0.271 e. The van der Waals surface area contributed by atoms with Crippen LogP contribution < -0.4 is 11.3 Å². The second-order valence-electron chi connectivity index (χ2n) is 7.84. The fourth-order valence-corrected chi connectivity index (χ4v) is 5.13. The molecule has 2 aliphatic carbocycles. The van der Waals surface area contributed by atoms with Crippen LogP contribution in [0.25, 0.3) is 0 Å². The Hall–Kier alpha value is -0.0800. The van der Waals surface area contributed by atoms with Crippen molar-refractivity contribution < 1.29 is 0 Å². The summed E-state index contributed by atoms with van der Waals surface area (Å²) in [6.45, 7) is 7.16. The van der Waals surface area contributed by atoms with Gasteiger partial charge in [0.2, 0.25) is 0 Å². The quantitative estimate of drug-likeness (QED) is 0.576. The van der Waals surface area contributed by atoms with Gasteiger partial charge in [-0.1, -0.05) is 46.5 Å². The molecule has 0 aromatic rings. The second-order valence-corrected chi connectivity index (χ2v) is 7.84. The normalized spacial score (nSPS) is 32.7. The lowest BCUT2D eigenvalue weighted by atomic mass is 9.65. The third-order valence-corrected chi connectivity index (χ3v) is 5.70. The lowest BCUT2D eigenvalue weighted by molar-refractivity contribution is 0.0806. The number of hydrogen-bond donors (Lipinski definition) is 2. The largest absolute Gasteiger partial charge is 0.271 e. The second kappa shape index (κ2) is 6.58.